The molecule has 0 aliphatic rings. The van der Waals surface area contributed by atoms with Gasteiger partial charge in [0.25, 0.3) is 5.91 Å². The average molecular weight is 473 g/mol. The molecule has 4 rings (SSSR count). The summed E-state index contributed by atoms with van der Waals surface area (Å²) >= 11 is 0. The second kappa shape index (κ2) is 11.0. The van der Waals surface area contributed by atoms with Crippen molar-refractivity contribution in [2.45, 2.75) is 6.42 Å². The molecule has 1 aromatic heterocycles. The van der Waals surface area contributed by atoms with Crippen LogP contribution in [-0.2, 0) is 11.2 Å². The van der Waals surface area contributed by atoms with Gasteiger partial charge < -0.3 is 23.9 Å². The Morgan fingerprint density at radius 2 is 1.60 bits per heavy atom. The van der Waals surface area contributed by atoms with Crippen LogP contribution >= 0.6 is 0 Å². The molecule has 1 amide bonds. The second-order valence-electron chi connectivity index (χ2n) is 7.58. The Hall–Kier alpha value is -4.59. The van der Waals surface area contributed by atoms with Gasteiger partial charge >= 0.3 is 11.6 Å². The number of fused-ring (bicyclic) bond motifs is 1. The lowest BCUT2D eigenvalue weighted by Gasteiger charge is -2.08. The van der Waals surface area contributed by atoms with Crippen molar-refractivity contribution < 1.29 is 28.2 Å². The summed E-state index contributed by atoms with van der Waals surface area (Å²) in [5, 5.41) is 3.26. The molecule has 35 heavy (non-hydrogen) atoms. The van der Waals surface area contributed by atoms with E-state index in [-0.39, 0.29) is 23.5 Å². The topological polar surface area (TPSA) is 104 Å². The van der Waals surface area contributed by atoms with Crippen LogP contribution in [0.2, 0.25) is 0 Å². The van der Waals surface area contributed by atoms with Gasteiger partial charge in [-0.15, -0.1) is 0 Å². The first-order valence-electron chi connectivity index (χ1n) is 10.9. The maximum absolute atomic E-state index is 12.5. The molecular weight excluding hydrogens is 450 g/mol. The molecule has 8 nitrogen and oxygen atoms in total. The maximum Gasteiger partial charge on any atom is 0.349 e. The predicted molar refractivity (Wildman–Crippen MR) is 129 cm³/mol. The minimum Gasteiger partial charge on any atom is -0.497 e. The first kappa shape index (κ1) is 23.6. The minimum atomic E-state index is -0.777. The third kappa shape index (κ3) is 6.26. The third-order valence-corrected chi connectivity index (χ3v) is 5.14. The van der Waals surface area contributed by atoms with E-state index in [1.165, 1.54) is 12.1 Å². The first-order valence-corrected chi connectivity index (χ1v) is 10.9. The summed E-state index contributed by atoms with van der Waals surface area (Å²) in [6, 6.07) is 22.5. The van der Waals surface area contributed by atoms with Gasteiger partial charge in [0.05, 0.1) is 7.11 Å². The van der Waals surface area contributed by atoms with Crippen molar-refractivity contribution in [3.63, 3.8) is 0 Å². The summed E-state index contributed by atoms with van der Waals surface area (Å²) in [6.45, 7) is 0.0736. The van der Waals surface area contributed by atoms with Gasteiger partial charge in [0.2, 0.25) is 0 Å². The zero-order valence-corrected chi connectivity index (χ0v) is 19.0. The predicted octanol–water partition coefficient (Wildman–Crippen LogP) is 3.76. The van der Waals surface area contributed by atoms with Gasteiger partial charge in [0.1, 0.15) is 28.4 Å². The van der Waals surface area contributed by atoms with E-state index >= 15 is 0 Å². The van der Waals surface area contributed by atoms with Crippen molar-refractivity contribution in [2.75, 3.05) is 20.3 Å². The van der Waals surface area contributed by atoms with Gasteiger partial charge in [-0.2, -0.15) is 0 Å². The molecule has 1 heterocycles. The quantitative estimate of drug-likeness (QED) is 0.224. The van der Waals surface area contributed by atoms with E-state index in [0.29, 0.717) is 29.9 Å². The van der Waals surface area contributed by atoms with Crippen molar-refractivity contribution >= 4 is 22.8 Å². The Morgan fingerprint density at radius 3 is 2.34 bits per heavy atom. The molecule has 0 spiro atoms. The van der Waals surface area contributed by atoms with E-state index in [1.807, 2.05) is 30.3 Å². The van der Waals surface area contributed by atoms with Crippen molar-refractivity contribution in [2.24, 2.45) is 0 Å². The van der Waals surface area contributed by atoms with Gasteiger partial charge in [-0.05, 0) is 54.4 Å². The molecule has 8 heteroatoms. The highest BCUT2D eigenvalue weighted by Gasteiger charge is 2.15. The molecule has 1 N–H and O–H groups in total. The van der Waals surface area contributed by atoms with Gasteiger partial charge in [-0.25, -0.2) is 9.59 Å². The first-order chi connectivity index (χ1) is 17.0. The smallest absolute Gasteiger partial charge is 0.349 e. The number of methoxy groups -OCH3 is 1. The second-order valence-corrected chi connectivity index (χ2v) is 7.58. The van der Waals surface area contributed by atoms with Crippen LogP contribution in [0.25, 0.3) is 11.0 Å². The fourth-order valence-corrected chi connectivity index (χ4v) is 3.35. The molecule has 0 radical (unpaired) electrons. The van der Waals surface area contributed by atoms with Crippen LogP contribution in [0.4, 0.5) is 0 Å². The Morgan fingerprint density at radius 1 is 0.886 bits per heavy atom. The van der Waals surface area contributed by atoms with Crippen molar-refractivity contribution in [3.05, 3.63) is 100 Å². The Labute approximate surface area is 201 Å². The zero-order valence-electron chi connectivity index (χ0n) is 19.0. The number of benzene rings is 3. The van der Waals surface area contributed by atoms with Crippen LogP contribution in [0.5, 0.6) is 17.2 Å². The van der Waals surface area contributed by atoms with Crippen LogP contribution < -0.4 is 25.2 Å². The van der Waals surface area contributed by atoms with Crippen molar-refractivity contribution in [1.29, 1.82) is 0 Å². The van der Waals surface area contributed by atoms with Crippen LogP contribution in [0.1, 0.15) is 15.9 Å². The zero-order chi connectivity index (χ0) is 24.6. The number of hydrogen-bond acceptors (Lipinski definition) is 7. The molecule has 0 saturated heterocycles. The largest absolute Gasteiger partial charge is 0.497 e. The summed E-state index contributed by atoms with van der Waals surface area (Å²) in [6.07, 6.45) is 0.641. The highest BCUT2D eigenvalue weighted by molar-refractivity contribution is 5.96. The van der Waals surface area contributed by atoms with Crippen molar-refractivity contribution in [3.8, 4) is 17.2 Å². The molecule has 178 valence electrons. The molecule has 0 unspecified atom stereocenters. The lowest BCUT2D eigenvalue weighted by molar-refractivity contribution is -0.136. The molecule has 0 aliphatic carbocycles. The normalized spacial score (nSPS) is 10.5. The van der Waals surface area contributed by atoms with Gasteiger partial charge in [0, 0.05) is 18.0 Å². The number of amides is 1. The molecule has 4 aromatic rings. The van der Waals surface area contributed by atoms with Gasteiger partial charge in [-0.3, -0.25) is 4.79 Å². The lowest BCUT2D eigenvalue weighted by atomic mass is 10.1. The maximum atomic E-state index is 12.5. The summed E-state index contributed by atoms with van der Waals surface area (Å²) in [4.78, 5) is 37.0. The monoisotopic (exact) mass is 473 g/mol. The average Bonchev–Trinajstić information content (AvgIpc) is 2.88. The molecule has 0 fully saturated rings. The van der Waals surface area contributed by atoms with E-state index < -0.39 is 17.5 Å². The SMILES string of the molecule is COc1ccc(OCC(=O)Oc2ccc3cc(C(=O)NCCc4ccccc4)c(=O)oc3c2)cc1. The van der Waals surface area contributed by atoms with E-state index in [1.54, 1.807) is 43.5 Å². The number of rotatable bonds is 9. The fraction of sp³-hybridized carbons (Fsp3) is 0.148. The number of ether oxygens (including phenoxy) is 3. The van der Waals surface area contributed by atoms with E-state index in [4.69, 9.17) is 18.6 Å². The van der Waals surface area contributed by atoms with Crippen LogP contribution in [-0.4, -0.2) is 32.1 Å². The Balaban J connectivity index is 1.36. The molecular formula is C27H23NO7. The number of carbonyl (C=O) groups is 2. The molecule has 0 atom stereocenters. The van der Waals surface area contributed by atoms with Crippen LogP contribution in [0, 0.1) is 0 Å². The van der Waals surface area contributed by atoms with E-state index in [9.17, 15) is 14.4 Å². The third-order valence-electron chi connectivity index (χ3n) is 5.14. The number of carbonyl (C=O) groups excluding carboxylic acids is 2. The number of esters is 1. The molecule has 0 saturated carbocycles. The van der Waals surface area contributed by atoms with Crippen LogP contribution in [0.3, 0.4) is 0 Å². The standard InChI is InChI=1S/C27H23NO7/c1-32-20-9-11-21(12-10-20)33-17-25(29)34-22-8-7-19-15-23(27(31)35-24(19)16-22)26(30)28-14-13-18-5-3-2-4-6-18/h2-12,15-16H,13-14,17H2,1H3,(H,28,30). The summed E-state index contributed by atoms with van der Waals surface area (Å²) in [7, 11) is 1.56. The Kier molecular flexibility index (Phi) is 7.42. The van der Waals surface area contributed by atoms with Gasteiger partial charge in [-0.1, -0.05) is 30.3 Å². The summed E-state index contributed by atoms with van der Waals surface area (Å²) < 4.78 is 21.0. The highest BCUT2D eigenvalue weighted by atomic mass is 16.6. The summed E-state index contributed by atoms with van der Waals surface area (Å²) in [5.74, 6) is 0.205. The number of hydrogen-bond donors (Lipinski definition) is 1. The summed E-state index contributed by atoms with van der Waals surface area (Å²) in [5.41, 5.74) is 0.399. The van der Waals surface area contributed by atoms with Crippen LogP contribution in [0.15, 0.2) is 88.1 Å². The minimum absolute atomic E-state index is 0.0943. The van der Waals surface area contributed by atoms with Crippen molar-refractivity contribution in [1.82, 2.24) is 5.32 Å². The fourth-order valence-electron chi connectivity index (χ4n) is 3.35. The number of nitrogens with one attached hydrogen (secondary N) is 1. The van der Waals surface area contributed by atoms with E-state index in [2.05, 4.69) is 5.32 Å². The Bertz CT molecular complexity index is 1380. The molecule has 0 aliphatic heterocycles. The molecule has 0 bridgehead atoms. The highest BCUT2D eigenvalue weighted by Crippen LogP contribution is 2.21. The van der Waals surface area contributed by atoms with E-state index in [0.717, 1.165) is 5.56 Å². The molecule has 3 aromatic carbocycles. The lowest BCUT2D eigenvalue weighted by Crippen LogP contribution is -2.29. The van der Waals surface area contributed by atoms with Gasteiger partial charge in [0.15, 0.2) is 6.61 Å².